The molecule has 3 rings (SSSR count). The zero-order valence-corrected chi connectivity index (χ0v) is 17.6. The van der Waals surface area contributed by atoms with Crippen molar-refractivity contribution in [3.8, 4) is 0 Å². The van der Waals surface area contributed by atoms with Crippen LogP contribution in [0.4, 0.5) is 5.69 Å². The van der Waals surface area contributed by atoms with Crippen molar-refractivity contribution in [3.05, 3.63) is 95.6 Å². The van der Waals surface area contributed by atoms with Gasteiger partial charge in [0.1, 0.15) is 6.04 Å². The molecule has 0 spiro atoms. The van der Waals surface area contributed by atoms with Crippen molar-refractivity contribution in [2.45, 2.75) is 24.3 Å². The molecule has 0 aliphatic heterocycles. The van der Waals surface area contributed by atoms with E-state index in [-0.39, 0.29) is 17.2 Å². The summed E-state index contributed by atoms with van der Waals surface area (Å²) in [5.41, 5.74) is 2.66. The Hall–Kier alpha value is -3.49. The Morgan fingerprint density at radius 2 is 1.61 bits per heavy atom. The third kappa shape index (κ3) is 6.00. The summed E-state index contributed by atoms with van der Waals surface area (Å²) in [5, 5.41) is 12.3. The minimum absolute atomic E-state index is 0.00420. The number of carbonyl (C=O) groups is 2. The van der Waals surface area contributed by atoms with Crippen molar-refractivity contribution >= 4 is 27.6 Å². The number of hydrogen-bond acceptors (Lipinski definition) is 4. The second-order valence-electron chi connectivity index (χ2n) is 7.05. The molecule has 7 nitrogen and oxygen atoms in total. The van der Waals surface area contributed by atoms with E-state index in [1.807, 2.05) is 13.0 Å². The minimum atomic E-state index is -3.97. The van der Waals surface area contributed by atoms with E-state index in [4.69, 9.17) is 0 Å². The molecule has 0 fully saturated rings. The van der Waals surface area contributed by atoms with Gasteiger partial charge in [0, 0.05) is 11.3 Å². The maximum atomic E-state index is 12.4. The number of aliphatic carboxylic acids is 1. The maximum absolute atomic E-state index is 12.4. The highest BCUT2D eigenvalue weighted by Gasteiger charge is 2.25. The van der Waals surface area contributed by atoms with Crippen molar-refractivity contribution < 1.29 is 23.1 Å². The number of carbonyl (C=O) groups excluding carboxylic acids is 1. The predicted molar refractivity (Wildman–Crippen MR) is 117 cm³/mol. The fraction of sp³-hybridized carbons (Fsp3) is 0.130. The standard InChI is InChI=1S/C23H22N2O5S/c1-16-6-5-7-18(14-16)22(26)24-19-12-10-17(11-13-19)15-21(23(27)28)25-31(29,30)20-8-3-2-4-9-20/h2-14,21,25H,15H2,1H3,(H,24,26)(H,27,28). The summed E-state index contributed by atoms with van der Waals surface area (Å²) in [5.74, 6) is -1.54. The Balaban J connectivity index is 1.68. The van der Waals surface area contributed by atoms with Crippen LogP contribution in [0.15, 0.2) is 83.8 Å². The predicted octanol–water partition coefficient (Wildman–Crippen LogP) is 3.22. The summed E-state index contributed by atoms with van der Waals surface area (Å²) in [7, 11) is -3.97. The van der Waals surface area contributed by atoms with Crippen LogP contribution in [0.5, 0.6) is 0 Å². The second kappa shape index (κ2) is 9.55. The van der Waals surface area contributed by atoms with E-state index in [1.165, 1.54) is 12.1 Å². The number of carboxylic acids is 1. The second-order valence-corrected chi connectivity index (χ2v) is 8.76. The van der Waals surface area contributed by atoms with Gasteiger partial charge in [0.25, 0.3) is 5.91 Å². The maximum Gasteiger partial charge on any atom is 0.322 e. The molecule has 3 N–H and O–H groups in total. The van der Waals surface area contributed by atoms with Crippen molar-refractivity contribution in [3.63, 3.8) is 0 Å². The number of anilines is 1. The molecule has 0 radical (unpaired) electrons. The minimum Gasteiger partial charge on any atom is -0.480 e. The molecule has 31 heavy (non-hydrogen) atoms. The summed E-state index contributed by atoms with van der Waals surface area (Å²) >= 11 is 0. The van der Waals surface area contributed by atoms with E-state index in [0.29, 0.717) is 16.8 Å². The number of hydrogen-bond donors (Lipinski definition) is 3. The van der Waals surface area contributed by atoms with Gasteiger partial charge in [-0.1, -0.05) is 48.0 Å². The molecule has 0 aromatic heterocycles. The molecule has 0 saturated carbocycles. The van der Waals surface area contributed by atoms with Gasteiger partial charge in [0.15, 0.2) is 0 Å². The first-order valence-corrected chi connectivity index (χ1v) is 11.0. The Morgan fingerprint density at radius 1 is 0.935 bits per heavy atom. The molecule has 0 bridgehead atoms. The average molecular weight is 439 g/mol. The topological polar surface area (TPSA) is 113 Å². The van der Waals surface area contributed by atoms with Gasteiger partial charge in [-0.25, -0.2) is 8.42 Å². The smallest absolute Gasteiger partial charge is 0.322 e. The quantitative estimate of drug-likeness (QED) is 0.500. The van der Waals surface area contributed by atoms with E-state index in [2.05, 4.69) is 10.0 Å². The fourth-order valence-corrected chi connectivity index (χ4v) is 4.19. The molecular formula is C23H22N2O5S. The molecule has 8 heteroatoms. The number of aryl methyl sites for hydroxylation is 1. The van der Waals surface area contributed by atoms with Crippen molar-refractivity contribution in [2.75, 3.05) is 5.32 Å². The van der Waals surface area contributed by atoms with Crippen LogP contribution in [-0.2, 0) is 21.2 Å². The first-order chi connectivity index (χ1) is 14.7. The lowest BCUT2D eigenvalue weighted by Gasteiger charge is -2.15. The fourth-order valence-electron chi connectivity index (χ4n) is 2.98. The zero-order valence-electron chi connectivity index (χ0n) is 16.8. The number of sulfonamides is 1. The SMILES string of the molecule is Cc1cccc(C(=O)Nc2ccc(CC(NS(=O)(=O)c3ccccc3)C(=O)O)cc2)c1. The normalized spacial score (nSPS) is 12.2. The summed E-state index contributed by atoms with van der Waals surface area (Å²) in [4.78, 5) is 24.0. The van der Waals surface area contributed by atoms with E-state index >= 15 is 0 Å². The monoisotopic (exact) mass is 438 g/mol. The molecule has 160 valence electrons. The lowest BCUT2D eigenvalue weighted by Crippen LogP contribution is -2.42. The van der Waals surface area contributed by atoms with Gasteiger partial charge in [-0.2, -0.15) is 4.72 Å². The largest absolute Gasteiger partial charge is 0.480 e. The zero-order chi connectivity index (χ0) is 22.4. The first kappa shape index (κ1) is 22.2. The van der Waals surface area contributed by atoms with Gasteiger partial charge >= 0.3 is 5.97 Å². The molecule has 1 amide bonds. The van der Waals surface area contributed by atoms with E-state index < -0.39 is 22.0 Å². The van der Waals surface area contributed by atoms with Crippen LogP contribution in [0.3, 0.4) is 0 Å². The van der Waals surface area contributed by atoms with Gasteiger partial charge in [-0.05, 0) is 55.3 Å². The molecule has 3 aromatic carbocycles. The van der Waals surface area contributed by atoms with Crippen LogP contribution < -0.4 is 10.0 Å². The number of nitrogens with one attached hydrogen (secondary N) is 2. The van der Waals surface area contributed by atoms with Gasteiger partial charge in [0.2, 0.25) is 10.0 Å². The lowest BCUT2D eigenvalue weighted by molar-refractivity contribution is -0.138. The highest BCUT2D eigenvalue weighted by molar-refractivity contribution is 7.89. The van der Waals surface area contributed by atoms with Gasteiger partial charge in [-0.15, -0.1) is 0 Å². The number of rotatable bonds is 8. The summed E-state index contributed by atoms with van der Waals surface area (Å²) in [6.07, 6.45) is -0.0481. The third-order valence-corrected chi connectivity index (χ3v) is 6.07. The first-order valence-electron chi connectivity index (χ1n) is 9.52. The van der Waals surface area contributed by atoms with Gasteiger partial charge < -0.3 is 10.4 Å². The number of amides is 1. The van der Waals surface area contributed by atoms with Crippen molar-refractivity contribution in [1.82, 2.24) is 4.72 Å². The van der Waals surface area contributed by atoms with Crippen LogP contribution >= 0.6 is 0 Å². The highest BCUT2D eigenvalue weighted by atomic mass is 32.2. The molecule has 1 unspecified atom stereocenters. The van der Waals surface area contributed by atoms with E-state index in [0.717, 1.165) is 5.56 Å². The molecule has 1 atom stereocenters. The Morgan fingerprint density at radius 3 is 2.23 bits per heavy atom. The van der Waals surface area contributed by atoms with Crippen LogP contribution in [0.25, 0.3) is 0 Å². The Labute approximate surface area is 180 Å². The summed E-state index contributed by atoms with van der Waals surface area (Å²) in [6.45, 7) is 1.90. The van der Waals surface area contributed by atoms with Crippen LogP contribution in [0, 0.1) is 6.92 Å². The average Bonchev–Trinajstić information content (AvgIpc) is 2.75. The summed E-state index contributed by atoms with van der Waals surface area (Å²) in [6, 6.07) is 20.0. The van der Waals surface area contributed by atoms with Crippen molar-refractivity contribution in [2.24, 2.45) is 0 Å². The van der Waals surface area contributed by atoms with E-state index in [1.54, 1.807) is 60.7 Å². The van der Waals surface area contributed by atoms with Gasteiger partial charge in [0.05, 0.1) is 4.90 Å². The van der Waals surface area contributed by atoms with Gasteiger partial charge in [-0.3, -0.25) is 9.59 Å². The Bertz CT molecular complexity index is 1180. The molecular weight excluding hydrogens is 416 g/mol. The molecule has 0 heterocycles. The van der Waals surface area contributed by atoms with Crippen LogP contribution in [-0.4, -0.2) is 31.4 Å². The molecule has 0 aliphatic rings. The molecule has 0 aliphatic carbocycles. The summed E-state index contributed by atoms with van der Waals surface area (Å²) < 4.78 is 27.1. The lowest BCUT2D eigenvalue weighted by atomic mass is 10.1. The number of benzene rings is 3. The molecule has 0 saturated heterocycles. The van der Waals surface area contributed by atoms with Crippen molar-refractivity contribution in [1.29, 1.82) is 0 Å². The third-order valence-electron chi connectivity index (χ3n) is 4.58. The Kier molecular flexibility index (Phi) is 6.84. The highest BCUT2D eigenvalue weighted by Crippen LogP contribution is 2.15. The number of carboxylic acid groups (broad SMARTS) is 1. The van der Waals surface area contributed by atoms with Crippen LogP contribution in [0.2, 0.25) is 0 Å². The van der Waals surface area contributed by atoms with E-state index in [9.17, 15) is 23.1 Å². The molecule has 3 aromatic rings. The van der Waals surface area contributed by atoms with Crippen LogP contribution in [0.1, 0.15) is 21.5 Å².